The van der Waals surface area contributed by atoms with Gasteiger partial charge in [0.25, 0.3) is 0 Å². The van der Waals surface area contributed by atoms with Crippen LogP contribution < -0.4 is 5.32 Å². The summed E-state index contributed by atoms with van der Waals surface area (Å²) in [6.07, 6.45) is 38.6. The molecule has 2 saturated heterocycles. The lowest BCUT2D eigenvalue weighted by Crippen LogP contribution is -2.65. The van der Waals surface area contributed by atoms with Crippen molar-refractivity contribution in [2.75, 3.05) is 19.8 Å². The van der Waals surface area contributed by atoms with E-state index in [0.29, 0.717) is 12.8 Å². The number of ether oxygens (including phenoxy) is 4. The Kier molecular flexibility index (Phi) is 37.3. The van der Waals surface area contributed by atoms with Gasteiger partial charge in [-0.05, 0) is 77.0 Å². The van der Waals surface area contributed by atoms with Crippen LogP contribution in [0.2, 0.25) is 0 Å². The highest BCUT2D eigenvalue weighted by Crippen LogP contribution is 2.30. The molecule has 1 amide bonds. The minimum Gasteiger partial charge on any atom is -0.394 e. The van der Waals surface area contributed by atoms with Crippen LogP contribution in [0.15, 0.2) is 97.2 Å². The van der Waals surface area contributed by atoms with Crippen LogP contribution in [0, 0.1) is 0 Å². The second-order valence-electron chi connectivity index (χ2n) is 18.3. The zero-order valence-electron chi connectivity index (χ0n) is 42.5. The second-order valence-corrected chi connectivity index (χ2v) is 18.3. The predicted octanol–water partition coefficient (Wildman–Crippen LogP) is 7.54. The van der Waals surface area contributed by atoms with Crippen molar-refractivity contribution in [3.8, 4) is 0 Å². The molecule has 2 rings (SSSR count). The van der Waals surface area contributed by atoms with Crippen LogP contribution in [-0.2, 0) is 23.7 Å². The quantitative estimate of drug-likeness (QED) is 0.0215. The van der Waals surface area contributed by atoms with Gasteiger partial charge in [-0.2, -0.15) is 0 Å². The Hall–Kier alpha value is -3.09. The molecular formula is C56H93NO13. The summed E-state index contributed by atoms with van der Waals surface area (Å²) in [6.45, 7) is 2.65. The predicted molar refractivity (Wildman–Crippen MR) is 276 cm³/mol. The van der Waals surface area contributed by atoms with Gasteiger partial charge in [-0.3, -0.25) is 4.79 Å². The Balaban J connectivity index is 1.76. The van der Waals surface area contributed by atoms with E-state index in [1.165, 1.54) is 32.1 Å². The van der Waals surface area contributed by atoms with E-state index in [2.05, 4.69) is 116 Å². The van der Waals surface area contributed by atoms with Crippen LogP contribution >= 0.6 is 0 Å². The van der Waals surface area contributed by atoms with Gasteiger partial charge in [0.05, 0.1) is 32.0 Å². The van der Waals surface area contributed by atoms with E-state index in [1.807, 2.05) is 0 Å². The van der Waals surface area contributed by atoms with E-state index in [-0.39, 0.29) is 18.9 Å². The number of hydrogen-bond donors (Lipinski definition) is 9. The van der Waals surface area contributed by atoms with Gasteiger partial charge < -0.3 is 65.1 Å². The third kappa shape index (κ3) is 27.7. The molecule has 0 aromatic carbocycles. The fourth-order valence-electron chi connectivity index (χ4n) is 8.01. The number of aliphatic hydroxyl groups is 8. The molecule has 0 aromatic rings. The number of carbonyl (C=O) groups excluding carboxylic acids is 1. The van der Waals surface area contributed by atoms with E-state index in [4.69, 9.17) is 18.9 Å². The molecule has 0 saturated carbocycles. The molecule has 0 bridgehead atoms. The lowest BCUT2D eigenvalue weighted by atomic mass is 9.97. The van der Waals surface area contributed by atoms with E-state index in [0.717, 1.165) is 89.9 Å². The van der Waals surface area contributed by atoms with Crippen molar-refractivity contribution in [3.63, 3.8) is 0 Å². The highest BCUT2D eigenvalue weighted by atomic mass is 16.7. The first-order valence-electron chi connectivity index (χ1n) is 26.5. The van der Waals surface area contributed by atoms with Gasteiger partial charge in [-0.25, -0.2) is 0 Å². The topological polar surface area (TPSA) is 228 Å². The maximum absolute atomic E-state index is 13.2. The van der Waals surface area contributed by atoms with Crippen LogP contribution in [0.4, 0.5) is 0 Å². The monoisotopic (exact) mass is 988 g/mol. The van der Waals surface area contributed by atoms with Crippen molar-refractivity contribution in [1.82, 2.24) is 5.32 Å². The summed E-state index contributed by atoms with van der Waals surface area (Å²) in [5, 5.41) is 86.7. The van der Waals surface area contributed by atoms with Crippen LogP contribution in [0.3, 0.4) is 0 Å². The highest BCUT2D eigenvalue weighted by molar-refractivity contribution is 5.76. The number of hydrogen-bond acceptors (Lipinski definition) is 13. The van der Waals surface area contributed by atoms with Gasteiger partial charge in [0.2, 0.25) is 5.91 Å². The van der Waals surface area contributed by atoms with Gasteiger partial charge in [-0.1, -0.05) is 169 Å². The number of rotatable bonds is 39. The summed E-state index contributed by atoms with van der Waals surface area (Å²) in [5.74, 6) is -0.257. The second kappa shape index (κ2) is 41.4. The SMILES string of the molecule is CC/C=C\C/C=C\C/C=C\C/C=C\C/C=C\C/C=C\C/C=C\C/C=C\CCCCC(=O)NC(COC1OC(CO)C(OC2OC(CO)C(O)C(O)C2O)C(O)C1O)C(O)CCCCCCCCCCC. The van der Waals surface area contributed by atoms with E-state index >= 15 is 0 Å². The number of aliphatic hydroxyl groups excluding tert-OH is 8. The van der Waals surface area contributed by atoms with Crippen molar-refractivity contribution in [1.29, 1.82) is 0 Å². The summed E-state index contributed by atoms with van der Waals surface area (Å²) in [5.41, 5.74) is 0. The van der Waals surface area contributed by atoms with E-state index in [1.54, 1.807) is 0 Å². The molecule has 2 heterocycles. The lowest BCUT2D eigenvalue weighted by molar-refractivity contribution is -0.359. The molecule has 0 aliphatic carbocycles. The molecule has 2 aliphatic heterocycles. The Morgan fingerprint density at radius 1 is 0.529 bits per heavy atom. The number of nitrogens with one attached hydrogen (secondary N) is 1. The van der Waals surface area contributed by atoms with Crippen molar-refractivity contribution >= 4 is 5.91 Å². The summed E-state index contributed by atoms with van der Waals surface area (Å²) >= 11 is 0. The Morgan fingerprint density at radius 2 is 0.986 bits per heavy atom. The van der Waals surface area contributed by atoms with Crippen LogP contribution in [0.5, 0.6) is 0 Å². The van der Waals surface area contributed by atoms with E-state index in [9.17, 15) is 45.6 Å². The molecular weight excluding hydrogens is 895 g/mol. The fraction of sp³-hybridized carbons (Fsp3) is 0.696. The number of carbonyl (C=O) groups is 1. The van der Waals surface area contributed by atoms with Crippen molar-refractivity contribution in [2.24, 2.45) is 0 Å². The van der Waals surface area contributed by atoms with Crippen LogP contribution in [-0.4, -0.2) is 140 Å². The molecule has 70 heavy (non-hydrogen) atoms. The summed E-state index contributed by atoms with van der Waals surface area (Å²) in [6, 6.07) is -0.857. The van der Waals surface area contributed by atoms with Gasteiger partial charge in [0.1, 0.15) is 48.8 Å². The number of unbranched alkanes of at least 4 members (excludes halogenated alkanes) is 10. The van der Waals surface area contributed by atoms with Crippen molar-refractivity contribution < 1.29 is 64.6 Å². The molecule has 14 nitrogen and oxygen atoms in total. The molecule has 12 atom stereocenters. The molecule has 0 aromatic heterocycles. The summed E-state index contributed by atoms with van der Waals surface area (Å²) < 4.78 is 22.7. The number of allylic oxidation sites excluding steroid dienone is 16. The Bertz CT molecular complexity index is 1540. The zero-order valence-corrected chi connectivity index (χ0v) is 42.5. The van der Waals surface area contributed by atoms with Crippen LogP contribution in [0.25, 0.3) is 0 Å². The van der Waals surface area contributed by atoms with Gasteiger partial charge in [0, 0.05) is 6.42 Å². The minimum absolute atomic E-state index is 0.242. The normalized spacial score (nSPS) is 26.8. The van der Waals surface area contributed by atoms with Crippen molar-refractivity contribution in [3.05, 3.63) is 97.2 Å². The molecule has 0 radical (unpaired) electrons. The highest BCUT2D eigenvalue weighted by Gasteiger charge is 2.51. The minimum atomic E-state index is -1.79. The zero-order chi connectivity index (χ0) is 51.0. The largest absolute Gasteiger partial charge is 0.394 e. The third-order valence-corrected chi connectivity index (χ3v) is 12.3. The van der Waals surface area contributed by atoms with E-state index < -0.39 is 86.8 Å². The fourth-order valence-corrected chi connectivity index (χ4v) is 8.01. The molecule has 14 heteroatoms. The molecule has 2 aliphatic rings. The molecule has 0 spiro atoms. The smallest absolute Gasteiger partial charge is 0.220 e. The first kappa shape index (κ1) is 63.0. The summed E-state index contributed by atoms with van der Waals surface area (Å²) in [7, 11) is 0. The summed E-state index contributed by atoms with van der Waals surface area (Å²) in [4.78, 5) is 13.2. The third-order valence-electron chi connectivity index (χ3n) is 12.3. The average Bonchev–Trinajstić information content (AvgIpc) is 3.36. The average molecular weight is 988 g/mol. The maximum atomic E-state index is 13.2. The lowest BCUT2D eigenvalue weighted by Gasteiger charge is -2.46. The molecule has 400 valence electrons. The molecule has 12 unspecified atom stereocenters. The van der Waals surface area contributed by atoms with Crippen molar-refractivity contribution in [2.45, 2.75) is 229 Å². The Labute approximate surface area is 420 Å². The Morgan fingerprint density at radius 3 is 1.49 bits per heavy atom. The van der Waals surface area contributed by atoms with Gasteiger partial charge >= 0.3 is 0 Å². The number of amides is 1. The standard InChI is InChI=1S/C56H93NO13/c1-3-5-7-9-11-13-14-15-16-17-18-19-20-21-22-23-24-25-26-27-28-29-30-32-34-36-38-40-48(61)57-44(45(60)39-37-35-33-31-12-10-8-6-4-2)43-67-55-53(66)51(64)54(47(42-59)69-55)70-56-52(65)50(63)49(62)46(41-58)68-56/h5,7,11,13,15-16,18-19,21-22,24-25,27-28,30,32,44-47,49-56,58-60,62-66H,3-4,6,8-10,12,14,17,20,23,26,29,31,33-43H2,1-2H3,(H,57,61)/b7-5-,13-11-,16-15-,19-18-,22-21-,25-24-,28-27-,32-30-. The molecule has 9 N–H and O–H groups in total. The maximum Gasteiger partial charge on any atom is 0.220 e. The van der Waals surface area contributed by atoms with Gasteiger partial charge in [0.15, 0.2) is 12.6 Å². The first-order valence-corrected chi connectivity index (χ1v) is 26.5. The van der Waals surface area contributed by atoms with Crippen LogP contribution in [0.1, 0.15) is 155 Å². The van der Waals surface area contributed by atoms with Gasteiger partial charge in [-0.15, -0.1) is 0 Å². The first-order chi connectivity index (χ1) is 34.1. The molecule has 2 fully saturated rings.